The molecule has 1 aliphatic heterocycles. The Morgan fingerprint density at radius 2 is 2.33 bits per heavy atom. The molecule has 0 radical (unpaired) electrons. The fourth-order valence-electron chi connectivity index (χ4n) is 2.61. The zero-order chi connectivity index (χ0) is 18.5. The summed E-state index contributed by atoms with van der Waals surface area (Å²) in [6, 6.07) is 4.05. The number of rotatable bonds is 12. The maximum absolute atomic E-state index is 5.88. The first-order valence-electron chi connectivity index (χ1n) is 9.62. The van der Waals surface area contributed by atoms with Crippen LogP contribution in [0.1, 0.15) is 32.4 Å². The van der Waals surface area contributed by atoms with Gasteiger partial charge in [-0.1, -0.05) is 0 Å². The molecule has 1 aromatic rings. The summed E-state index contributed by atoms with van der Waals surface area (Å²) in [6.45, 7) is 9.19. The number of guanidine groups is 1. The summed E-state index contributed by atoms with van der Waals surface area (Å²) in [6.07, 6.45) is 4.62. The molecule has 2 heterocycles. The third kappa shape index (κ3) is 10.9. The van der Waals surface area contributed by atoms with Gasteiger partial charge in [-0.25, -0.2) is 0 Å². The second-order valence-electron chi connectivity index (χ2n) is 6.40. The van der Waals surface area contributed by atoms with Crippen molar-refractivity contribution >= 4 is 29.9 Å². The van der Waals surface area contributed by atoms with Crippen molar-refractivity contribution < 1.29 is 18.6 Å². The highest BCUT2D eigenvalue weighted by molar-refractivity contribution is 14.0. The Balaban J connectivity index is 0.00000364. The lowest BCUT2D eigenvalue weighted by Gasteiger charge is -2.20. The molecule has 156 valence electrons. The van der Waals surface area contributed by atoms with Crippen molar-refractivity contribution in [3.8, 4) is 0 Å². The molecule has 8 heteroatoms. The molecule has 2 N–H and O–H groups in total. The van der Waals surface area contributed by atoms with Gasteiger partial charge in [0.2, 0.25) is 0 Å². The molecule has 2 unspecified atom stereocenters. The molecule has 27 heavy (non-hydrogen) atoms. The lowest BCUT2D eigenvalue weighted by Crippen LogP contribution is -2.45. The van der Waals surface area contributed by atoms with Gasteiger partial charge in [-0.3, -0.25) is 4.99 Å². The smallest absolute Gasteiger partial charge is 0.191 e. The summed E-state index contributed by atoms with van der Waals surface area (Å²) in [5, 5.41) is 6.78. The van der Waals surface area contributed by atoms with Gasteiger partial charge in [0.1, 0.15) is 5.76 Å². The van der Waals surface area contributed by atoms with Gasteiger partial charge in [0.25, 0.3) is 0 Å². The fourth-order valence-corrected chi connectivity index (χ4v) is 2.61. The highest BCUT2D eigenvalue weighted by Gasteiger charge is 2.17. The molecule has 1 aromatic heterocycles. The van der Waals surface area contributed by atoms with Crippen molar-refractivity contribution in [2.45, 2.75) is 45.3 Å². The number of nitrogens with zero attached hydrogens (tertiary/aromatic N) is 1. The Labute approximate surface area is 179 Å². The van der Waals surface area contributed by atoms with Crippen molar-refractivity contribution in [3.05, 3.63) is 24.2 Å². The summed E-state index contributed by atoms with van der Waals surface area (Å²) < 4.78 is 22.0. The van der Waals surface area contributed by atoms with Gasteiger partial charge in [-0.15, -0.1) is 24.0 Å². The van der Waals surface area contributed by atoms with Gasteiger partial charge in [0.05, 0.1) is 25.6 Å². The summed E-state index contributed by atoms with van der Waals surface area (Å²) in [5.74, 6) is 1.76. The van der Waals surface area contributed by atoms with Crippen LogP contribution in [-0.2, 0) is 20.6 Å². The summed E-state index contributed by atoms with van der Waals surface area (Å²) in [7, 11) is 0. The van der Waals surface area contributed by atoms with Crippen LogP contribution in [-0.4, -0.2) is 64.2 Å². The Hall–Kier alpha value is -0.840. The quantitative estimate of drug-likeness (QED) is 0.201. The molecule has 1 fully saturated rings. The first-order valence-corrected chi connectivity index (χ1v) is 9.62. The number of halogens is 1. The molecule has 2 atom stereocenters. The molecule has 2 rings (SSSR count). The average Bonchev–Trinajstić information content (AvgIpc) is 3.33. The van der Waals surface area contributed by atoms with E-state index in [1.54, 1.807) is 6.26 Å². The Kier molecular flexibility index (Phi) is 13.6. The van der Waals surface area contributed by atoms with E-state index in [9.17, 15) is 0 Å². The van der Waals surface area contributed by atoms with Gasteiger partial charge >= 0.3 is 0 Å². The molecule has 0 aliphatic carbocycles. The van der Waals surface area contributed by atoms with Crippen LogP contribution in [0.25, 0.3) is 0 Å². The molecule has 0 saturated carbocycles. The van der Waals surface area contributed by atoms with Crippen LogP contribution < -0.4 is 10.6 Å². The van der Waals surface area contributed by atoms with Crippen LogP contribution in [0.2, 0.25) is 0 Å². The Morgan fingerprint density at radius 1 is 1.44 bits per heavy atom. The molecule has 0 bridgehead atoms. The third-order valence-electron chi connectivity index (χ3n) is 4.02. The predicted molar refractivity (Wildman–Crippen MR) is 117 cm³/mol. The van der Waals surface area contributed by atoms with E-state index < -0.39 is 0 Å². The van der Waals surface area contributed by atoms with E-state index >= 15 is 0 Å². The lowest BCUT2D eigenvalue weighted by molar-refractivity contribution is 0.0347. The highest BCUT2D eigenvalue weighted by Crippen LogP contribution is 2.08. The second kappa shape index (κ2) is 15.1. The first-order chi connectivity index (χ1) is 12.8. The van der Waals surface area contributed by atoms with Crippen LogP contribution in [0.15, 0.2) is 27.8 Å². The minimum absolute atomic E-state index is 0. The van der Waals surface area contributed by atoms with E-state index in [-0.39, 0.29) is 36.1 Å². The summed E-state index contributed by atoms with van der Waals surface area (Å²) in [4.78, 5) is 4.64. The summed E-state index contributed by atoms with van der Waals surface area (Å²) >= 11 is 0. The number of aliphatic imine (C=N–C) groups is 1. The number of hydrogen-bond donors (Lipinski definition) is 2. The molecule has 1 aliphatic rings. The molecular weight excluding hydrogens is 461 g/mol. The molecule has 7 nitrogen and oxygen atoms in total. The SMILES string of the molecule is CCOCCCN=C(NCCc1ccco1)NC(C)COC1CCOC1.I. The number of furan rings is 1. The number of hydrogen-bond acceptors (Lipinski definition) is 5. The van der Waals surface area contributed by atoms with Gasteiger partial charge < -0.3 is 29.3 Å². The van der Waals surface area contributed by atoms with Crippen molar-refractivity contribution in [3.63, 3.8) is 0 Å². The predicted octanol–water partition coefficient (Wildman–Crippen LogP) is 2.60. The van der Waals surface area contributed by atoms with Crippen molar-refractivity contribution in [1.29, 1.82) is 0 Å². The van der Waals surface area contributed by atoms with Crippen LogP contribution in [0.5, 0.6) is 0 Å². The van der Waals surface area contributed by atoms with Crippen LogP contribution in [0.4, 0.5) is 0 Å². The zero-order valence-corrected chi connectivity index (χ0v) is 18.8. The molecule has 1 saturated heterocycles. The lowest BCUT2D eigenvalue weighted by atomic mass is 10.3. The van der Waals surface area contributed by atoms with E-state index in [0.29, 0.717) is 13.2 Å². The maximum Gasteiger partial charge on any atom is 0.191 e. The summed E-state index contributed by atoms with van der Waals surface area (Å²) in [5.41, 5.74) is 0. The van der Waals surface area contributed by atoms with E-state index in [0.717, 1.165) is 63.9 Å². The molecular formula is C19H34IN3O4. The van der Waals surface area contributed by atoms with E-state index in [1.807, 2.05) is 19.1 Å². The first kappa shape index (κ1) is 24.2. The minimum Gasteiger partial charge on any atom is -0.469 e. The number of nitrogens with one attached hydrogen (secondary N) is 2. The van der Waals surface area contributed by atoms with E-state index in [2.05, 4.69) is 22.5 Å². The molecule has 0 aromatic carbocycles. The minimum atomic E-state index is 0. The highest BCUT2D eigenvalue weighted by atomic mass is 127. The van der Waals surface area contributed by atoms with E-state index in [1.165, 1.54) is 0 Å². The van der Waals surface area contributed by atoms with E-state index in [4.69, 9.17) is 18.6 Å². The van der Waals surface area contributed by atoms with Gasteiger partial charge in [-0.2, -0.15) is 0 Å². The van der Waals surface area contributed by atoms with Crippen LogP contribution in [0.3, 0.4) is 0 Å². The Bertz CT molecular complexity index is 493. The topological polar surface area (TPSA) is 77.2 Å². The van der Waals surface area contributed by atoms with Crippen LogP contribution >= 0.6 is 24.0 Å². The van der Waals surface area contributed by atoms with Crippen LogP contribution in [0, 0.1) is 0 Å². The van der Waals surface area contributed by atoms with Crippen molar-refractivity contribution in [2.75, 3.05) is 46.1 Å². The van der Waals surface area contributed by atoms with Crippen molar-refractivity contribution in [2.24, 2.45) is 4.99 Å². The standard InChI is InChI=1S/C19H33N3O4.HI/c1-3-23-11-5-9-20-19(21-10-7-17-6-4-12-25-17)22-16(2)14-26-18-8-13-24-15-18;/h4,6,12,16,18H,3,5,7-11,13-15H2,1-2H3,(H2,20,21,22);1H. The van der Waals surface area contributed by atoms with Crippen molar-refractivity contribution in [1.82, 2.24) is 10.6 Å². The van der Waals surface area contributed by atoms with Gasteiger partial charge in [0, 0.05) is 45.4 Å². The fraction of sp³-hybridized carbons (Fsp3) is 0.737. The normalized spacial score (nSPS) is 18.1. The molecule has 0 amide bonds. The Morgan fingerprint density at radius 3 is 3.04 bits per heavy atom. The largest absolute Gasteiger partial charge is 0.469 e. The second-order valence-corrected chi connectivity index (χ2v) is 6.40. The number of ether oxygens (including phenoxy) is 3. The van der Waals surface area contributed by atoms with Gasteiger partial charge in [-0.05, 0) is 38.8 Å². The zero-order valence-electron chi connectivity index (χ0n) is 16.4. The maximum atomic E-state index is 5.88. The average molecular weight is 495 g/mol. The third-order valence-corrected chi connectivity index (χ3v) is 4.02. The van der Waals surface area contributed by atoms with Gasteiger partial charge in [0.15, 0.2) is 5.96 Å². The monoisotopic (exact) mass is 495 g/mol. The molecule has 0 spiro atoms.